The van der Waals surface area contributed by atoms with Gasteiger partial charge in [-0.05, 0) is 50.7 Å². The summed E-state index contributed by atoms with van der Waals surface area (Å²) in [7, 11) is 0. The molecule has 0 atom stereocenters. The standard InChI is InChI=1S/C22H27N3OS/c1-5-24(6-2)13-14-25(21(26)18-12-11-16(3)15-17(18)4)22-23-19-9-7-8-10-20(19)27-22/h7-12,15H,5-6,13-14H2,1-4H3. The molecule has 4 nitrogen and oxygen atoms in total. The number of rotatable bonds is 7. The van der Waals surface area contributed by atoms with E-state index in [9.17, 15) is 4.79 Å². The highest BCUT2D eigenvalue weighted by atomic mass is 32.1. The first-order valence-corrected chi connectivity index (χ1v) is 10.3. The smallest absolute Gasteiger partial charge is 0.260 e. The fourth-order valence-corrected chi connectivity index (χ4v) is 4.23. The van der Waals surface area contributed by atoms with Crippen molar-refractivity contribution in [2.75, 3.05) is 31.1 Å². The normalized spacial score (nSPS) is 11.3. The lowest BCUT2D eigenvalue weighted by molar-refractivity contribution is 0.0983. The number of likely N-dealkylation sites (N-methyl/N-ethyl adjacent to an activating group) is 1. The first kappa shape index (κ1) is 19.5. The fourth-order valence-electron chi connectivity index (χ4n) is 3.24. The third kappa shape index (κ3) is 4.37. The Bertz CT molecular complexity index is 897. The van der Waals surface area contributed by atoms with Crippen LogP contribution in [-0.2, 0) is 0 Å². The first-order valence-electron chi connectivity index (χ1n) is 9.50. The van der Waals surface area contributed by atoms with Crippen molar-refractivity contribution in [3.8, 4) is 0 Å². The summed E-state index contributed by atoms with van der Waals surface area (Å²) in [5.41, 5.74) is 3.87. The molecule has 0 aliphatic heterocycles. The maximum Gasteiger partial charge on any atom is 0.260 e. The van der Waals surface area contributed by atoms with Gasteiger partial charge < -0.3 is 4.90 Å². The second-order valence-electron chi connectivity index (χ2n) is 6.77. The molecule has 1 heterocycles. The number of para-hydroxylation sites is 1. The third-order valence-electron chi connectivity index (χ3n) is 4.91. The predicted octanol–water partition coefficient (Wildman–Crippen LogP) is 4.90. The summed E-state index contributed by atoms with van der Waals surface area (Å²) in [4.78, 5) is 22.3. The SMILES string of the molecule is CCN(CC)CCN(C(=O)c1ccc(C)cc1C)c1nc2ccccc2s1. The molecule has 1 amide bonds. The Morgan fingerprint density at radius 2 is 1.78 bits per heavy atom. The molecule has 0 radical (unpaired) electrons. The molecule has 0 bridgehead atoms. The maximum absolute atomic E-state index is 13.4. The molecule has 0 spiro atoms. The molecule has 0 saturated heterocycles. The number of aryl methyl sites for hydroxylation is 2. The summed E-state index contributed by atoms with van der Waals surface area (Å²) in [6.45, 7) is 11.8. The van der Waals surface area contributed by atoms with Crippen molar-refractivity contribution in [2.24, 2.45) is 0 Å². The Morgan fingerprint density at radius 1 is 1.04 bits per heavy atom. The second kappa shape index (κ2) is 8.63. The highest BCUT2D eigenvalue weighted by Crippen LogP contribution is 2.30. The van der Waals surface area contributed by atoms with Gasteiger partial charge in [-0.1, -0.05) is 55.0 Å². The van der Waals surface area contributed by atoms with Gasteiger partial charge in [0.2, 0.25) is 0 Å². The second-order valence-corrected chi connectivity index (χ2v) is 7.78. The number of nitrogens with zero attached hydrogens (tertiary/aromatic N) is 3. The van der Waals surface area contributed by atoms with E-state index in [2.05, 4.69) is 30.9 Å². The van der Waals surface area contributed by atoms with Crippen LogP contribution in [0.4, 0.5) is 5.13 Å². The topological polar surface area (TPSA) is 36.4 Å². The lowest BCUT2D eigenvalue weighted by Crippen LogP contribution is -2.39. The summed E-state index contributed by atoms with van der Waals surface area (Å²) < 4.78 is 1.11. The monoisotopic (exact) mass is 381 g/mol. The molecule has 27 heavy (non-hydrogen) atoms. The molecule has 0 unspecified atom stereocenters. The lowest BCUT2D eigenvalue weighted by atomic mass is 10.0. The van der Waals surface area contributed by atoms with E-state index in [1.165, 1.54) is 5.56 Å². The van der Waals surface area contributed by atoms with E-state index in [-0.39, 0.29) is 5.91 Å². The highest BCUT2D eigenvalue weighted by Gasteiger charge is 2.23. The number of anilines is 1. The van der Waals surface area contributed by atoms with E-state index in [4.69, 9.17) is 4.98 Å². The number of hydrogen-bond donors (Lipinski definition) is 0. The number of carbonyl (C=O) groups excluding carboxylic acids is 1. The molecule has 142 valence electrons. The molecule has 0 saturated carbocycles. The largest absolute Gasteiger partial charge is 0.302 e. The first-order chi connectivity index (χ1) is 13.0. The summed E-state index contributed by atoms with van der Waals surface area (Å²) >= 11 is 1.58. The van der Waals surface area contributed by atoms with E-state index in [1.807, 2.05) is 49.1 Å². The van der Waals surface area contributed by atoms with Crippen molar-refractivity contribution < 1.29 is 4.79 Å². The van der Waals surface area contributed by atoms with Gasteiger partial charge in [-0.25, -0.2) is 4.98 Å². The van der Waals surface area contributed by atoms with Crippen molar-refractivity contribution in [1.29, 1.82) is 0 Å². The molecule has 0 aliphatic rings. The van der Waals surface area contributed by atoms with E-state index in [0.29, 0.717) is 6.54 Å². The molecule has 1 aromatic heterocycles. The number of aromatic nitrogens is 1. The molecule has 2 aromatic carbocycles. The molecule has 3 aromatic rings. The van der Waals surface area contributed by atoms with Crippen LogP contribution in [0.1, 0.15) is 35.3 Å². The van der Waals surface area contributed by atoms with Gasteiger partial charge in [0.25, 0.3) is 5.91 Å². The average Bonchev–Trinajstić information content (AvgIpc) is 3.08. The van der Waals surface area contributed by atoms with Crippen LogP contribution in [0.15, 0.2) is 42.5 Å². The van der Waals surface area contributed by atoms with Gasteiger partial charge in [-0.2, -0.15) is 0 Å². The molecular formula is C22H27N3OS. The predicted molar refractivity (Wildman–Crippen MR) is 115 cm³/mol. The Balaban J connectivity index is 1.96. The van der Waals surface area contributed by atoms with Crippen molar-refractivity contribution in [3.63, 3.8) is 0 Å². The Morgan fingerprint density at radius 3 is 2.44 bits per heavy atom. The quantitative estimate of drug-likeness (QED) is 0.584. The van der Waals surface area contributed by atoms with Crippen LogP contribution in [0.3, 0.4) is 0 Å². The van der Waals surface area contributed by atoms with Crippen molar-refractivity contribution >= 4 is 32.6 Å². The molecule has 5 heteroatoms. The van der Waals surface area contributed by atoms with Gasteiger partial charge in [0, 0.05) is 18.7 Å². The highest BCUT2D eigenvalue weighted by molar-refractivity contribution is 7.22. The van der Waals surface area contributed by atoms with Gasteiger partial charge in [0.15, 0.2) is 5.13 Å². The minimum absolute atomic E-state index is 0.0266. The van der Waals surface area contributed by atoms with E-state index in [0.717, 1.165) is 46.1 Å². The van der Waals surface area contributed by atoms with Crippen LogP contribution < -0.4 is 4.90 Å². The summed E-state index contributed by atoms with van der Waals surface area (Å²) in [6.07, 6.45) is 0. The van der Waals surface area contributed by atoms with E-state index < -0.39 is 0 Å². The van der Waals surface area contributed by atoms with Crippen molar-refractivity contribution in [3.05, 3.63) is 59.2 Å². The molecular weight excluding hydrogens is 354 g/mol. The molecule has 0 aliphatic carbocycles. The minimum Gasteiger partial charge on any atom is -0.302 e. The Kier molecular flexibility index (Phi) is 6.24. The van der Waals surface area contributed by atoms with Gasteiger partial charge >= 0.3 is 0 Å². The summed E-state index contributed by atoms with van der Waals surface area (Å²) in [6, 6.07) is 14.1. The molecule has 3 rings (SSSR count). The van der Waals surface area contributed by atoms with Crippen molar-refractivity contribution in [2.45, 2.75) is 27.7 Å². The van der Waals surface area contributed by atoms with E-state index in [1.54, 1.807) is 11.3 Å². The molecule has 0 fully saturated rings. The van der Waals surface area contributed by atoms with Crippen LogP contribution >= 0.6 is 11.3 Å². The minimum atomic E-state index is 0.0266. The van der Waals surface area contributed by atoms with Crippen LogP contribution in [0.25, 0.3) is 10.2 Å². The van der Waals surface area contributed by atoms with Gasteiger partial charge in [0.1, 0.15) is 0 Å². The number of hydrogen-bond acceptors (Lipinski definition) is 4. The van der Waals surface area contributed by atoms with Gasteiger partial charge in [-0.15, -0.1) is 0 Å². The maximum atomic E-state index is 13.4. The average molecular weight is 382 g/mol. The summed E-state index contributed by atoms with van der Waals surface area (Å²) in [5, 5.41) is 0.772. The third-order valence-corrected chi connectivity index (χ3v) is 5.96. The summed E-state index contributed by atoms with van der Waals surface area (Å²) in [5.74, 6) is 0.0266. The van der Waals surface area contributed by atoms with Crippen LogP contribution in [-0.4, -0.2) is 42.0 Å². The zero-order chi connectivity index (χ0) is 19.4. The zero-order valence-corrected chi connectivity index (χ0v) is 17.3. The van der Waals surface area contributed by atoms with Gasteiger partial charge in [0.05, 0.1) is 10.2 Å². The molecule has 0 N–H and O–H groups in total. The lowest BCUT2D eigenvalue weighted by Gasteiger charge is -2.25. The Labute approximate surface area is 165 Å². The van der Waals surface area contributed by atoms with Crippen LogP contribution in [0.2, 0.25) is 0 Å². The van der Waals surface area contributed by atoms with Crippen molar-refractivity contribution in [1.82, 2.24) is 9.88 Å². The number of carbonyl (C=O) groups is 1. The van der Waals surface area contributed by atoms with Crippen LogP contribution in [0, 0.1) is 13.8 Å². The number of amides is 1. The van der Waals surface area contributed by atoms with E-state index >= 15 is 0 Å². The fraction of sp³-hybridized carbons (Fsp3) is 0.364. The van der Waals surface area contributed by atoms with Crippen LogP contribution in [0.5, 0.6) is 0 Å². The Hall–Kier alpha value is -2.24. The zero-order valence-electron chi connectivity index (χ0n) is 16.5. The van der Waals surface area contributed by atoms with Gasteiger partial charge in [-0.3, -0.25) is 9.69 Å². The number of thiazole rings is 1. The number of fused-ring (bicyclic) bond motifs is 1. The number of benzene rings is 2.